The summed E-state index contributed by atoms with van der Waals surface area (Å²) in [5.41, 5.74) is 1.64. The monoisotopic (exact) mass is 136 g/mol. The lowest BCUT2D eigenvalue weighted by Gasteiger charge is -2.24. The van der Waals surface area contributed by atoms with Crippen LogP contribution in [0.2, 0.25) is 0 Å². The molecule has 56 valence electrons. The second-order valence-electron chi connectivity index (χ2n) is 5.11. The van der Waals surface area contributed by atoms with E-state index in [1.165, 1.54) is 12.8 Å². The van der Waals surface area contributed by atoms with E-state index in [-0.39, 0.29) is 0 Å². The first-order valence-electron chi connectivity index (χ1n) is 4.63. The van der Waals surface area contributed by atoms with Crippen molar-refractivity contribution in [1.82, 2.24) is 0 Å². The Morgan fingerprint density at radius 3 is 1.90 bits per heavy atom. The van der Waals surface area contributed by atoms with Crippen LogP contribution in [-0.4, -0.2) is 0 Å². The Kier molecular flexibility index (Phi) is 0.612. The third kappa shape index (κ3) is 0.302. The summed E-state index contributed by atoms with van der Waals surface area (Å²) in [6.07, 6.45) is 3.07. The SMILES string of the molecule is CC1C2C(C)(C3CC3)C12C. The lowest BCUT2D eigenvalue weighted by atomic mass is 9.81. The lowest BCUT2D eigenvalue weighted by Crippen LogP contribution is -2.18. The molecule has 0 nitrogen and oxygen atoms in total. The van der Waals surface area contributed by atoms with Gasteiger partial charge in [0.15, 0.2) is 0 Å². The van der Waals surface area contributed by atoms with E-state index in [0.717, 1.165) is 28.6 Å². The third-order valence-electron chi connectivity index (χ3n) is 5.13. The first-order valence-corrected chi connectivity index (χ1v) is 4.63. The highest BCUT2D eigenvalue weighted by molar-refractivity contribution is 5.37. The molecule has 0 radical (unpaired) electrons. The van der Waals surface area contributed by atoms with Gasteiger partial charge in [-0.2, -0.15) is 0 Å². The van der Waals surface area contributed by atoms with Gasteiger partial charge < -0.3 is 0 Å². The highest BCUT2D eigenvalue weighted by Gasteiger charge is 2.90. The Morgan fingerprint density at radius 1 is 1.10 bits per heavy atom. The molecule has 3 aliphatic rings. The topological polar surface area (TPSA) is 0 Å². The van der Waals surface area contributed by atoms with Gasteiger partial charge in [-0.3, -0.25) is 0 Å². The van der Waals surface area contributed by atoms with E-state index < -0.39 is 0 Å². The number of hydrogen-bond acceptors (Lipinski definition) is 0. The molecule has 0 bridgehead atoms. The maximum absolute atomic E-state index is 2.52. The zero-order chi connectivity index (χ0) is 7.15. The van der Waals surface area contributed by atoms with Crippen molar-refractivity contribution in [1.29, 1.82) is 0 Å². The molecule has 0 amide bonds. The van der Waals surface area contributed by atoms with E-state index in [2.05, 4.69) is 20.8 Å². The van der Waals surface area contributed by atoms with Crippen molar-refractivity contribution < 1.29 is 0 Å². The predicted molar refractivity (Wildman–Crippen MR) is 41.6 cm³/mol. The summed E-state index contributed by atoms with van der Waals surface area (Å²) in [5, 5.41) is 0. The molecular weight excluding hydrogens is 120 g/mol. The maximum atomic E-state index is 2.52. The molecule has 0 N–H and O–H groups in total. The van der Waals surface area contributed by atoms with Crippen LogP contribution in [0.1, 0.15) is 33.6 Å². The van der Waals surface area contributed by atoms with Crippen LogP contribution >= 0.6 is 0 Å². The van der Waals surface area contributed by atoms with Crippen molar-refractivity contribution in [2.45, 2.75) is 33.6 Å². The molecule has 0 aromatic heterocycles. The molecule has 0 saturated heterocycles. The Hall–Kier alpha value is 0. The summed E-state index contributed by atoms with van der Waals surface area (Å²) < 4.78 is 0. The molecule has 0 heteroatoms. The van der Waals surface area contributed by atoms with Crippen LogP contribution < -0.4 is 0 Å². The van der Waals surface area contributed by atoms with Gasteiger partial charge in [0, 0.05) is 0 Å². The molecule has 4 unspecified atom stereocenters. The van der Waals surface area contributed by atoms with E-state index in [4.69, 9.17) is 0 Å². The summed E-state index contributed by atoms with van der Waals surface area (Å²) in [4.78, 5) is 0. The van der Waals surface area contributed by atoms with Crippen molar-refractivity contribution in [2.24, 2.45) is 28.6 Å². The van der Waals surface area contributed by atoms with E-state index in [9.17, 15) is 0 Å². The van der Waals surface area contributed by atoms with Crippen molar-refractivity contribution in [2.75, 3.05) is 0 Å². The summed E-state index contributed by atoms with van der Waals surface area (Å²) in [6.45, 7) is 7.45. The smallest absolute Gasteiger partial charge is 0.0201 e. The fraction of sp³-hybridized carbons (Fsp3) is 1.00. The fourth-order valence-electron chi connectivity index (χ4n) is 3.92. The molecule has 0 aliphatic heterocycles. The molecule has 3 saturated carbocycles. The van der Waals surface area contributed by atoms with Crippen LogP contribution in [0.5, 0.6) is 0 Å². The molecule has 4 atom stereocenters. The summed E-state index contributed by atoms with van der Waals surface area (Å²) >= 11 is 0. The van der Waals surface area contributed by atoms with Crippen LogP contribution in [0, 0.1) is 28.6 Å². The fourth-order valence-corrected chi connectivity index (χ4v) is 3.92. The van der Waals surface area contributed by atoms with E-state index >= 15 is 0 Å². The zero-order valence-corrected chi connectivity index (χ0v) is 7.15. The molecule has 10 heavy (non-hydrogen) atoms. The Morgan fingerprint density at radius 2 is 1.60 bits per heavy atom. The van der Waals surface area contributed by atoms with Crippen LogP contribution in [0.3, 0.4) is 0 Å². The quantitative estimate of drug-likeness (QED) is 0.520. The molecule has 0 aromatic rings. The average Bonchev–Trinajstić information content (AvgIpc) is 2.71. The highest BCUT2D eigenvalue weighted by atomic mass is 14.9. The molecule has 0 spiro atoms. The van der Waals surface area contributed by atoms with Gasteiger partial charge in [-0.25, -0.2) is 0 Å². The molecule has 3 fully saturated rings. The number of hydrogen-bond donors (Lipinski definition) is 0. The molecule has 0 aromatic carbocycles. The van der Waals surface area contributed by atoms with Crippen molar-refractivity contribution in [3.8, 4) is 0 Å². The van der Waals surface area contributed by atoms with Crippen molar-refractivity contribution in [3.05, 3.63) is 0 Å². The first-order chi connectivity index (χ1) is 4.63. The summed E-state index contributed by atoms with van der Waals surface area (Å²) in [5.74, 6) is 3.34. The van der Waals surface area contributed by atoms with Crippen molar-refractivity contribution in [3.63, 3.8) is 0 Å². The van der Waals surface area contributed by atoms with Gasteiger partial charge in [0.25, 0.3) is 0 Å². The van der Waals surface area contributed by atoms with Crippen LogP contribution in [0.25, 0.3) is 0 Å². The summed E-state index contributed by atoms with van der Waals surface area (Å²) in [6, 6.07) is 0. The largest absolute Gasteiger partial charge is 0.0616 e. The van der Waals surface area contributed by atoms with Gasteiger partial charge in [-0.1, -0.05) is 20.8 Å². The van der Waals surface area contributed by atoms with E-state index in [0.29, 0.717) is 0 Å². The second kappa shape index (κ2) is 1.09. The van der Waals surface area contributed by atoms with Crippen LogP contribution in [0.4, 0.5) is 0 Å². The van der Waals surface area contributed by atoms with Gasteiger partial charge in [-0.15, -0.1) is 0 Å². The van der Waals surface area contributed by atoms with Crippen LogP contribution in [0.15, 0.2) is 0 Å². The molecule has 0 heterocycles. The molecular formula is C10H16. The average molecular weight is 136 g/mol. The van der Waals surface area contributed by atoms with Gasteiger partial charge in [0.1, 0.15) is 0 Å². The van der Waals surface area contributed by atoms with Crippen molar-refractivity contribution >= 4 is 0 Å². The Bertz CT molecular complexity index is 204. The van der Waals surface area contributed by atoms with E-state index in [1.54, 1.807) is 0 Å². The number of rotatable bonds is 1. The van der Waals surface area contributed by atoms with Gasteiger partial charge in [0.05, 0.1) is 0 Å². The number of fused-ring (bicyclic) bond motifs is 1. The first kappa shape index (κ1) is 5.62. The van der Waals surface area contributed by atoms with Gasteiger partial charge >= 0.3 is 0 Å². The zero-order valence-electron chi connectivity index (χ0n) is 7.15. The van der Waals surface area contributed by atoms with Gasteiger partial charge in [-0.05, 0) is 41.4 Å². The molecule has 3 aliphatic carbocycles. The standard InChI is InChI=1S/C10H16/c1-6-8-9(6,2)10(8,3)7-4-5-7/h6-8H,4-5H2,1-3H3. The minimum Gasteiger partial charge on any atom is -0.0616 e. The minimum atomic E-state index is 0.814. The Labute approximate surface area is 63.0 Å². The molecule has 3 rings (SSSR count). The Balaban J connectivity index is 1.89. The third-order valence-corrected chi connectivity index (χ3v) is 5.13. The van der Waals surface area contributed by atoms with Crippen LogP contribution in [-0.2, 0) is 0 Å². The normalized spacial score (nSPS) is 71.1. The maximum Gasteiger partial charge on any atom is -0.0201 e. The van der Waals surface area contributed by atoms with Gasteiger partial charge in [0.2, 0.25) is 0 Å². The lowest BCUT2D eigenvalue weighted by molar-refractivity contribution is 0.239. The van der Waals surface area contributed by atoms with E-state index in [1.807, 2.05) is 0 Å². The highest BCUT2D eigenvalue weighted by Crippen LogP contribution is 2.95. The summed E-state index contributed by atoms with van der Waals surface area (Å²) in [7, 11) is 0. The minimum absolute atomic E-state index is 0.814. The second-order valence-corrected chi connectivity index (χ2v) is 5.11. The predicted octanol–water partition coefficient (Wildman–Crippen LogP) is 2.69.